The first-order valence-corrected chi connectivity index (χ1v) is 6.21. The molecule has 2 heterocycles. The molecular weight excluding hydrogens is 228 g/mol. The Morgan fingerprint density at radius 3 is 3.31 bits per heavy atom. The number of imidazole rings is 1. The molecule has 1 atom stereocenters. The highest BCUT2D eigenvalue weighted by atomic mass is 32.2. The summed E-state index contributed by atoms with van der Waals surface area (Å²) in [5.41, 5.74) is 0. The standard InChI is InChI=1S/C10H14N2O3S/c13-9(14)7-16-10-11-3-4-12(10)8-2-1-5-15-6-8/h3-4,8H,1-2,5-7H2,(H,13,14). The van der Waals surface area contributed by atoms with Gasteiger partial charge in [-0.15, -0.1) is 0 Å². The van der Waals surface area contributed by atoms with E-state index in [9.17, 15) is 4.79 Å². The molecule has 1 aliphatic rings. The van der Waals surface area contributed by atoms with E-state index in [1.165, 1.54) is 11.8 Å². The van der Waals surface area contributed by atoms with Crippen molar-refractivity contribution in [3.8, 4) is 0 Å². The van der Waals surface area contributed by atoms with Gasteiger partial charge < -0.3 is 14.4 Å². The molecule has 1 unspecified atom stereocenters. The van der Waals surface area contributed by atoms with Crippen LogP contribution < -0.4 is 0 Å². The Kier molecular flexibility index (Phi) is 3.84. The van der Waals surface area contributed by atoms with Crippen molar-refractivity contribution in [1.29, 1.82) is 0 Å². The molecule has 0 spiro atoms. The maximum absolute atomic E-state index is 10.5. The molecule has 0 aromatic carbocycles. The number of ether oxygens (including phenoxy) is 1. The van der Waals surface area contributed by atoms with Gasteiger partial charge in [-0.1, -0.05) is 11.8 Å². The second-order valence-electron chi connectivity index (χ2n) is 3.67. The van der Waals surface area contributed by atoms with Gasteiger partial charge in [0.1, 0.15) is 0 Å². The average Bonchev–Trinajstić information content (AvgIpc) is 2.75. The molecule has 1 N–H and O–H groups in total. The van der Waals surface area contributed by atoms with E-state index in [0.717, 1.165) is 24.6 Å². The lowest BCUT2D eigenvalue weighted by molar-refractivity contribution is -0.133. The molecule has 16 heavy (non-hydrogen) atoms. The molecule has 0 aliphatic carbocycles. The van der Waals surface area contributed by atoms with Gasteiger partial charge in [-0.2, -0.15) is 0 Å². The van der Waals surface area contributed by atoms with Crippen molar-refractivity contribution < 1.29 is 14.6 Å². The molecule has 88 valence electrons. The molecule has 1 aliphatic heterocycles. The third kappa shape index (κ3) is 2.76. The van der Waals surface area contributed by atoms with Crippen molar-refractivity contribution >= 4 is 17.7 Å². The Balaban J connectivity index is 2.02. The minimum atomic E-state index is -0.820. The summed E-state index contributed by atoms with van der Waals surface area (Å²) >= 11 is 1.25. The van der Waals surface area contributed by atoms with E-state index >= 15 is 0 Å². The molecule has 6 heteroatoms. The lowest BCUT2D eigenvalue weighted by Crippen LogP contribution is -2.21. The van der Waals surface area contributed by atoms with Crippen LogP contribution >= 0.6 is 11.8 Å². The zero-order valence-electron chi connectivity index (χ0n) is 8.83. The normalized spacial score (nSPS) is 20.9. The number of rotatable bonds is 4. The summed E-state index contributed by atoms with van der Waals surface area (Å²) in [6, 6.07) is 0.299. The maximum Gasteiger partial charge on any atom is 0.313 e. The van der Waals surface area contributed by atoms with E-state index in [0.29, 0.717) is 12.6 Å². The summed E-state index contributed by atoms with van der Waals surface area (Å²) in [7, 11) is 0. The predicted molar refractivity (Wildman–Crippen MR) is 59.7 cm³/mol. The Bertz CT molecular complexity index is 361. The first-order chi connectivity index (χ1) is 7.77. The number of hydrogen-bond acceptors (Lipinski definition) is 4. The SMILES string of the molecule is O=C(O)CSc1nccn1C1CCCOC1. The predicted octanol–water partition coefficient (Wildman–Crippen LogP) is 1.41. The number of thioether (sulfide) groups is 1. The monoisotopic (exact) mass is 242 g/mol. The number of hydrogen-bond donors (Lipinski definition) is 1. The molecule has 0 radical (unpaired) electrons. The summed E-state index contributed by atoms with van der Waals surface area (Å²) in [6.07, 6.45) is 5.71. The van der Waals surface area contributed by atoms with Crippen molar-refractivity contribution in [2.45, 2.75) is 24.0 Å². The Hall–Kier alpha value is -1.01. The quantitative estimate of drug-likeness (QED) is 0.809. The van der Waals surface area contributed by atoms with Gasteiger partial charge in [0.15, 0.2) is 5.16 Å². The van der Waals surface area contributed by atoms with Crippen molar-refractivity contribution in [3.63, 3.8) is 0 Å². The molecule has 0 saturated carbocycles. The topological polar surface area (TPSA) is 64.3 Å². The van der Waals surface area contributed by atoms with Crippen LogP contribution in [0.5, 0.6) is 0 Å². The van der Waals surface area contributed by atoms with Gasteiger partial charge >= 0.3 is 5.97 Å². The van der Waals surface area contributed by atoms with Gasteiger partial charge in [-0.25, -0.2) is 4.98 Å². The summed E-state index contributed by atoms with van der Waals surface area (Å²) < 4.78 is 7.43. The van der Waals surface area contributed by atoms with E-state index in [1.807, 2.05) is 10.8 Å². The Labute approximate surface area is 97.8 Å². The third-order valence-electron chi connectivity index (χ3n) is 2.49. The fourth-order valence-corrected chi connectivity index (χ4v) is 2.51. The second-order valence-corrected chi connectivity index (χ2v) is 4.61. The molecular formula is C10H14N2O3S. The van der Waals surface area contributed by atoms with Crippen molar-refractivity contribution in [2.75, 3.05) is 19.0 Å². The number of aromatic nitrogens is 2. The second kappa shape index (κ2) is 5.36. The molecule has 1 aromatic heterocycles. The largest absolute Gasteiger partial charge is 0.481 e. The number of aliphatic carboxylic acids is 1. The lowest BCUT2D eigenvalue weighted by atomic mass is 10.1. The molecule has 0 amide bonds. The van der Waals surface area contributed by atoms with Crippen molar-refractivity contribution in [3.05, 3.63) is 12.4 Å². The highest BCUT2D eigenvalue weighted by Crippen LogP contribution is 2.25. The fraction of sp³-hybridized carbons (Fsp3) is 0.600. The summed E-state index contributed by atoms with van der Waals surface area (Å²) in [5.74, 6) is -0.774. The fourth-order valence-electron chi connectivity index (χ4n) is 1.76. The molecule has 2 rings (SSSR count). The van der Waals surface area contributed by atoms with E-state index in [1.54, 1.807) is 6.20 Å². The van der Waals surface area contributed by atoms with Crippen LogP contribution in [0.1, 0.15) is 18.9 Å². The molecule has 1 fully saturated rings. The number of carbonyl (C=O) groups is 1. The highest BCUT2D eigenvalue weighted by Gasteiger charge is 2.18. The van der Waals surface area contributed by atoms with Gasteiger partial charge in [0.2, 0.25) is 0 Å². The first kappa shape index (κ1) is 11.5. The van der Waals surface area contributed by atoms with Crippen molar-refractivity contribution in [1.82, 2.24) is 9.55 Å². The molecule has 0 bridgehead atoms. The summed E-state index contributed by atoms with van der Waals surface area (Å²) in [6.45, 7) is 1.51. The van der Waals surface area contributed by atoms with E-state index < -0.39 is 5.97 Å². The van der Waals surface area contributed by atoms with Gasteiger partial charge in [0.25, 0.3) is 0 Å². The summed E-state index contributed by atoms with van der Waals surface area (Å²) in [5, 5.41) is 9.39. The van der Waals surface area contributed by atoms with E-state index in [-0.39, 0.29) is 5.75 Å². The van der Waals surface area contributed by atoms with Crippen LogP contribution in [0, 0.1) is 0 Å². The Morgan fingerprint density at radius 2 is 2.62 bits per heavy atom. The zero-order valence-corrected chi connectivity index (χ0v) is 9.65. The molecule has 5 nitrogen and oxygen atoms in total. The number of carboxylic acid groups (broad SMARTS) is 1. The van der Waals surface area contributed by atoms with Crippen LogP contribution in [-0.2, 0) is 9.53 Å². The smallest absolute Gasteiger partial charge is 0.313 e. The first-order valence-electron chi connectivity index (χ1n) is 5.22. The van der Waals surface area contributed by atoms with Gasteiger partial charge in [-0.05, 0) is 12.8 Å². The minimum absolute atomic E-state index is 0.0462. The maximum atomic E-state index is 10.5. The van der Waals surface area contributed by atoms with Crippen LogP contribution in [0.3, 0.4) is 0 Å². The zero-order chi connectivity index (χ0) is 11.4. The third-order valence-corrected chi connectivity index (χ3v) is 3.45. The minimum Gasteiger partial charge on any atom is -0.481 e. The lowest BCUT2D eigenvalue weighted by Gasteiger charge is -2.24. The number of carboxylic acids is 1. The van der Waals surface area contributed by atoms with Crippen LogP contribution in [0.4, 0.5) is 0 Å². The number of nitrogens with zero attached hydrogens (tertiary/aromatic N) is 2. The average molecular weight is 242 g/mol. The van der Waals surface area contributed by atoms with Crippen LogP contribution in [0.2, 0.25) is 0 Å². The molecule has 1 aromatic rings. The van der Waals surface area contributed by atoms with Gasteiger partial charge in [0.05, 0.1) is 18.4 Å². The summed E-state index contributed by atoms with van der Waals surface area (Å²) in [4.78, 5) is 14.7. The molecule has 1 saturated heterocycles. The highest BCUT2D eigenvalue weighted by molar-refractivity contribution is 7.99. The van der Waals surface area contributed by atoms with Crippen LogP contribution in [-0.4, -0.2) is 39.6 Å². The van der Waals surface area contributed by atoms with Gasteiger partial charge in [0, 0.05) is 19.0 Å². The van der Waals surface area contributed by atoms with E-state index in [2.05, 4.69) is 4.98 Å². The Morgan fingerprint density at radius 1 is 1.75 bits per heavy atom. The van der Waals surface area contributed by atoms with Crippen LogP contribution in [0.15, 0.2) is 17.6 Å². The van der Waals surface area contributed by atoms with E-state index in [4.69, 9.17) is 9.84 Å². The van der Waals surface area contributed by atoms with Crippen molar-refractivity contribution in [2.24, 2.45) is 0 Å². The van der Waals surface area contributed by atoms with Crippen LogP contribution in [0.25, 0.3) is 0 Å². The van der Waals surface area contributed by atoms with Gasteiger partial charge in [-0.3, -0.25) is 4.79 Å².